The van der Waals surface area contributed by atoms with Crippen LogP contribution in [0.4, 0.5) is 11.4 Å². The second-order valence-corrected chi connectivity index (χ2v) is 7.18. The molecule has 0 saturated heterocycles. The Balaban J connectivity index is 1.82. The van der Waals surface area contributed by atoms with Crippen molar-refractivity contribution in [1.82, 2.24) is 0 Å². The third-order valence-corrected chi connectivity index (χ3v) is 5.74. The lowest BCUT2D eigenvalue weighted by molar-refractivity contribution is 0.0947. The molecule has 31 heavy (non-hydrogen) atoms. The van der Waals surface area contributed by atoms with Crippen molar-refractivity contribution in [3.63, 3.8) is 0 Å². The topological polar surface area (TPSA) is 68.3 Å². The third kappa shape index (κ3) is 2.53. The highest BCUT2D eigenvalue weighted by molar-refractivity contribution is 6.22. The Morgan fingerprint density at radius 3 is 2.03 bits per heavy atom. The van der Waals surface area contributed by atoms with Crippen LogP contribution in [0, 0.1) is 0 Å². The van der Waals surface area contributed by atoms with E-state index in [1.165, 1.54) is 14.2 Å². The molecule has 2 amide bonds. The maximum absolute atomic E-state index is 13.7. The van der Waals surface area contributed by atoms with Gasteiger partial charge in [0.1, 0.15) is 11.9 Å². The molecule has 0 saturated carbocycles. The van der Waals surface area contributed by atoms with Crippen molar-refractivity contribution in [3.05, 3.63) is 77.4 Å². The van der Waals surface area contributed by atoms with Gasteiger partial charge in [-0.25, -0.2) is 0 Å². The van der Waals surface area contributed by atoms with Crippen molar-refractivity contribution < 1.29 is 23.8 Å². The Hall–Kier alpha value is -4.00. The normalized spacial score (nSPS) is 16.5. The van der Waals surface area contributed by atoms with Gasteiger partial charge in [0, 0.05) is 5.56 Å². The summed E-state index contributed by atoms with van der Waals surface area (Å²) in [5.41, 5.74) is 2.63. The predicted molar refractivity (Wildman–Crippen MR) is 115 cm³/mol. The lowest BCUT2D eigenvalue weighted by Gasteiger charge is -2.41. The van der Waals surface area contributed by atoms with Gasteiger partial charge in [0.15, 0.2) is 11.5 Å². The van der Waals surface area contributed by atoms with Crippen LogP contribution < -0.4 is 24.0 Å². The van der Waals surface area contributed by atoms with Crippen LogP contribution >= 0.6 is 0 Å². The summed E-state index contributed by atoms with van der Waals surface area (Å²) in [6.45, 7) is 0. The van der Waals surface area contributed by atoms with Gasteiger partial charge in [-0.05, 0) is 30.3 Å². The Labute approximate surface area is 179 Å². The second-order valence-electron chi connectivity index (χ2n) is 7.18. The van der Waals surface area contributed by atoms with Crippen molar-refractivity contribution in [2.75, 3.05) is 31.1 Å². The number of hydrogen-bond donors (Lipinski definition) is 0. The number of anilines is 2. The number of nitrogens with zero attached hydrogens (tertiary/aromatic N) is 2. The molecule has 3 aromatic rings. The van der Waals surface area contributed by atoms with Crippen molar-refractivity contribution in [3.8, 4) is 17.2 Å². The lowest BCUT2D eigenvalue weighted by Crippen LogP contribution is -2.48. The number of benzene rings is 3. The molecule has 0 aromatic heterocycles. The summed E-state index contributed by atoms with van der Waals surface area (Å²) >= 11 is 0. The fourth-order valence-corrected chi connectivity index (χ4v) is 4.42. The average molecular weight is 416 g/mol. The van der Waals surface area contributed by atoms with Crippen LogP contribution in [0.15, 0.2) is 60.7 Å². The molecule has 156 valence electrons. The van der Waals surface area contributed by atoms with Crippen LogP contribution in [-0.4, -0.2) is 33.1 Å². The van der Waals surface area contributed by atoms with Crippen LogP contribution in [0.2, 0.25) is 0 Å². The first-order chi connectivity index (χ1) is 15.1. The van der Waals surface area contributed by atoms with Crippen molar-refractivity contribution in [1.29, 1.82) is 0 Å². The molecule has 2 aliphatic rings. The summed E-state index contributed by atoms with van der Waals surface area (Å²) in [4.78, 5) is 30.6. The van der Waals surface area contributed by atoms with Gasteiger partial charge in [0.25, 0.3) is 11.8 Å². The maximum atomic E-state index is 13.7. The zero-order valence-electron chi connectivity index (χ0n) is 17.3. The lowest BCUT2D eigenvalue weighted by atomic mass is 10.0. The van der Waals surface area contributed by atoms with Crippen LogP contribution in [0.1, 0.15) is 32.4 Å². The van der Waals surface area contributed by atoms with Crippen molar-refractivity contribution in [2.24, 2.45) is 0 Å². The van der Waals surface area contributed by atoms with E-state index < -0.39 is 6.17 Å². The minimum absolute atomic E-state index is 0.211. The number of para-hydroxylation sites is 3. The minimum Gasteiger partial charge on any atom is -0.495 e. The number of methoxy groups -OCH3 is 3. The SMILES string of the molecule is COc1ccccc1N1C(=O)c2ccccc2N2C(=O)c3c(ccc(OC)c3OC)[C@@H]12. The van der Waals surface area contributed by atoms with Crippen LogP contribution in [0.25, 0.3) is 0 Å². The standard InChI is InChI=1S/C24H20N2O5/c1-29-18-11-7-6-10-17(18)26-22-15-12-13-19(30-2)21(31-3)20(15)24(28)25(22)16-9-5-4-8-14(16)23(26)27/h4-13,22H,1-3H3/t22-/m1/s1. The summed E-state index contributed by atoms with van der Waals surface area (Å²) in [6.07, 6.45) is -0.680. The van der Waals surface area contributed by atoms with Gasteiger partial charge in [0.2, 0.25) is 0 Å². The highest BCUT2D eigenvalue weighted by atomic mass is 16.5. The second kappa shape index (κ2) is 7.05. The van der Waals surface area contributed by atoms with Gasteiger partial charge in [0.05, 0.1) is 43.8 Å². The van der Waals surface area contributed by atoms with Gasteiger partial charge in [-0.3, -0.25) is 19.4 Å². The van der Waals surface area contributed by atoms with Gasteiger partial charge < -0.3 is 14.2 Å². The first-order valence-corrected chi connectivity index (χ1v) is 9.76. The van der Waals surface area contributed by atoms with E-state index in [4.69, 9.17) is 14.2 Å². The largest absolute Gasteiger partial charge is 0.495 e. The number of hydrogen-bond acceptors (Lipinski definition) is 5. The third-order valence-electron chi connectivity index (χ3n) is 5.74. The Morgan fingerprint density at radius 2 is 1.32 bits per heavy atom. The molecule has 0 unspecified atom stereocenters. The number of amides is 2. The molecule has 0 N–H and O–H groups in total. The molecule has 3 aromatic carbocycles. The molecule has 1 atom stereocenters. The quantitative estimate of drug-likeness (QED) is 0.642. The molecule has 0 aliphatic carbocycles. The molecule has 2 aliphatic heterocycles. The molecule has 0 bridgehead atoms. The van der Waals surface area contributed by atoms with E-state index in [9.17, 15) is 9.59 Å². The van der Waals surface area contributed by atoms with Crippen molar-refractivity contribution >= 4 is 23.2 Å². The van der Waals surface area contributed by atoms with Gasteiger partial charge >= 0.3 is 0 Å². The fraction of sp³-hybridized carbons (Fsp3) is 0.167. The number of rotatable bonds is 4. The van der Waals surface area contributed by atoms with Crippen LogP contribution in [-0.2, 0) is 0 Å². The summed E-state index contributed by atoms with van der Waals surface area (Å²) < 4.78 is 16.5. The zero-order chi connectivity index (χ0) is 21.7. The van der Waals surface area contributed by atoms with E-state index in [1.807, 2.05) is 30.3 Å². The van der Waals surface area contributed by atoms with Gasteiger partial charge in [-0.2, -0.15) is 0 Å². The predicted octanol–water partition coefficient (Wildman–Crippen LogP) is 4.03. The van der Waals surface area contributed by atoms with Gasteiger partial charge in [-0.1, -0.05) is 30.3 Å². The maximum Gasteiger partial charge on any atom is 0.264 e. The Kier molecular flexibility index (Phi) is 4.32. The Bertz CT molecular complexity index is 1220. The molecule has 0 spiro atoms. The molecule has 5 rings (SSSR count). The first kappa shape index (κ1) is 19.0. The van der Waals surface area contributed by atoms with Crippen molar-refractivity contribution in [2.45, 2.75) is 6.17 Å². The summed E-state index contributed by atoms with van der Waals surface area (Å²) in [5, 5.41) is 0. The summed E-state index contributed by atoms with van der Waals surface area (Å²) in [5.74, 6) is 0.881. The van der Waals surface area contributed by atoms with E-state index in [0.29, 0.717) is 45.3 Å². The highest BCUT2D eigenvalue weighted by Crippen LogP contribution is 2.51. The summed E-state index contributed by atoms with van der Waals surface area (Å²) in [7, 11) is 4.58. The number of fused-ring (bicyclic) bond motifs is 5. The van der Waals surface area contributed by atoms with E-state index in [2.05, 4.69) is 0 Å². The molecular formula is C24H20N2O5. The zero-order valence-corrected chi connectivity index (χ0v) is 17.3. The van der Waals surface area contributed by atoms with E-state index in [-0.39, 0.29) is 11.8 Å². The van der Waals surface area contributed by atoms with Crippen LogP contribution in [0.3, 0.4) is 0 Å². The molecule has 7 heteroatoms. The number of carbonyl (C=O) groups excluding carboxylic acids is 2. The number of carbonyl (C=O) groups is 2. The fourth-order valence-electron chi connectivity index (χ4n) is 4.42. The highest BCUT2D eigenvalue weighted by Gasteiger charge is 2.50. The molecule has 7 nitrogen and oxygen atoms in total. The van der Waals surface area contributed by atoms with Crippen LogP contribution in [0.5, 0.6) is 17.2 Å². The minimum atomic E-state index is -0.680. The smallest absolute Gasteiger partial charge is 0.264 e. The average Bonchev–Trinajstić information content (AvgIpc) is 3.11. The van der Waals surface area contributed by atoms with E-state index in [0.717, 1.165) is 0 Å². The molecule has 0 radical (unpaired) electrons. The van der Waals surface area contributed by atoms with E-state index >= 15 is 0 Å². The molecule has 2 heterocycles. The first-order valence-electron chi connectivity index (χ1n) is 9.76. The molecule has 0 fully saturated rings. The van der Waals surface area contributed by atoms with Gasteiger partial charge in [-0.15, -0.1) is 0 Å². The Morgan fingerprint density at radius 1 is 0.677 bits per heavy atom. The molecular weight excluding hydrogens is 396 g/mol. The number of ether oxygens (including phenoxy) is 3. The monoisotopic (exact) mass is 416 g/mol. The summed E-state index contributed by atoms with van der Waals surface area (Å²) in [6, 6.07) is 17.9. The van der Waals surface area contributed by atoms with E-state index in [1.54, 1.807) is 47.2 Å².